The summed E-state index contributed by atoms with van der Waals surface area (Å²) < 4.78 is 29.3. The fourth-order valence-electron chi connectivity index (χ4n) is 4.50. The Morgan fingerprint density at radius 1 is 1.18 bits per heavy atom. The van der Waals surface area contributed by atoms with Crippen LogP contribution in [0.1, 0.15) is 80.8 Å². The summed E-state index contributed by atoms with van der Waals surface area (Å²) in [5, 5.41) is 3.03. The summed E-state index contributed by atoms with van der Waals surface area (Å²) in [6, 6.07) is 11.9. The number of imidazole rings is 1. The van der Waals surface area contributed by atoms with E-state index in [1.54, 1.807) is 31.6 Å². The van der Waals surface area contributed by atoms with Crippen LogP contribution in [0, 0.1) is 5.82 Å². The van der Waals surface area contributed by atoms with Gasteiger partial charge in [-0.1, -0.05) is 35.0 Å². The number of hydrogen-bond donors (Lipinski definition) is 1. The van der Waals surface area contributed by atoms with Gasteiger partial charge < -0.3 is 14.8 Å². The topological polar surface area (TPSA) is 77.7 Å². The van der Waals surface area contributed by atoms with E-state index in [0.29, 0.717) is 30.1 Å². The smallest absolute Gasteiger partial charge is 0.271 e. The molecule has 0 saturated carbocycles. The minimum atomic E-state index is -0.545. The zero-order chi connectivity index (χ0) is 28.4. The zero-order valence-corrected chi connectivity index (χ0v) is 24.9. The van der Waals surface area contributed by atoms with Crippen molar-refractivity contribution in [3.8, 4) is 5.69 Å². The van der Waals surface area contributed by atoms with E-state index in [1.807, 2.05) is 57.4 Å². The van der Waals surface area contributed by atoms with Crippen LogP contribution in [0.25, 0.3) is 5.69 Å². The molecule has 1 amide bonds. The van der Waals surface area contributed by atoms with Gasteiger partial charge in [0.1, 0.15) is 12.1 Å². The number of nitrogens with one attached hydrogen (secondary N) is 1. The largest absolute Gasteiger partial charge is 0.379 e. The molecule has 1 unspecified atom stereocenters. The Morgan fingerprint density at radius 2 is 1.92 bits per heavy atom. The highest BCUT2D eigenvalue weighted by atomic mass is 79.9. The quantitative estimate of drug-likeness (QED) is 0.292. The average molecular weight is 600 g/mol. The number of halogens is 2. The Balaban J connectivity index is 1.63. The number of amides is 1. The number of rotatable bonds is 10. The minimum Gasteiger partial charge on any atom is -0.379 e. The lowest BCUT2D eigenvalue weighted by Crippen LogP contribution is -2.43. The van der Waals surface area contributed by atoms with Crippen molar-refractivity contribution in [2.75, 3.05) is 20.3 Å². The van der Waals surface area contributed by atoms with E-state index in [1.165, 1.54) is 6.07 Å². The van der Waals surface area contributed by atoms with E-state index in [9.17, 15) is 9.18 Å². The third-order valence-electron chi connectivity index (χ3n) is 7.42. The van der Waals surface area contributed by atoms with Gasteiger partial charge in [0, 0.05) is 29.3 Å². The number of aromatic nitrogens is 2. The molecule has 2 heterocycles. The van der Waals surface area contributed by atoms with Crippen LogP contribution >= 0.6 is 15.9 Å². The molecule has 0 saturated heterocycles. The predicted octanol–water partition coefficient (Wildman–Crippen LogP) is 6.42. The number of benzene rings is 2. The molecule has 9 heteroatoms. The van der Waals surface area contributed by atoms with Gasteiger partial charge in [-0.3, -0.25) is 14.4 Å². The van der Waals surface area contributed by atoms with Crippen molar-refractivity contribution < 1.29 is 18.7 Å². The number of nitrogens with zero attached hydrogens (tertiary/aromatic N) is 3. The van der Waals surface area contributed by atoms with Crippen LogP contribution in [0.4, 0.5) is 4.39 Å². The van der Waals surface area contributed by atoms with Crippen molar-refractivity contribution >= 4 is 27.5 Å². The van der Waals surface area contributed by atoms with Crippen molar-refractivity contribution in [1.82, 2.24) is 14.9 Å². The number of hydrogen-bond acceptors (Lipinski definition) is 5. The summed E-state index contributed by atoms with van der Waals surface area (Å²) in [7, 11) is 1.69. The molecule has 1 aliphatic rings. The maximum absolute atomic E-state index is 14.9. The molecule has 0 bridgehead atoms. The Bertz CT molecular complexity index is 1390. The second-order valence-corrected chi connectivity index (χ2v) is 11.6. The number of ether oxygens (including phenoxy) is 2. The standard InChI is InChI=1S/C30H36BrFN4O3/c1-7-30(5,39-15-14-29(3,4)38-6)17-33-28(37)26-27-19(2)35-25(21-10-8-9-11-23(21)32)22-16-20(31)12-13-24(22)36(27)18-34-26/h8-13,16,18-19H,7,14-15,17H2,1-6H3,(H,33,37)/t19-,30?/m1/s1. The first-order valence-electron chi connectivity index (χ1n) is 13.2. The molecule has 39 heavy (non-hydrogen) atoms. The molecule has 4 rings (SSSR count). The van der Waals surface area contributed by atoms with Gasteiger partial charge in [0.25, 0.3) is 5.91 Å². The van der Waals surface area contributed by atoms with Crippen molar-refractivity contribution in [2.45, 2.75) is 64.7 Å². The zero-order valence-electron chi connectivity index (χ0n) is 23.3. The molecule has 1 aromatic heterocycles. The lowest BCUT2D eigenvalue weighted by atomic mass is 10.00. The maximum Gasteiger partial charge on any atom is 0.271 e. The molecule has 0 radical (unpaired) electrons. The molecular weight excluding hydrogens is 563 g/mol. The highest BCUT2D eigenvalue weighted by molar-refractivity contribution is 9.10. The monoisotopic (exact) mass is 598 g/mol. The normalized spacial score (nSPS) is 16.5. The maximum atomic E-state index is 14.9. The van der Waals surface area contributed by atoms with E-state index in [0.717, 1.165) is 28.6 Å². The lowest BCUT2D eigenvalue weighted by Gasteiger charge is -2.31. The van der Waals surface area contributed by atoms with E-state index >= 15 is 0 Å². The minimum absolute atomic E-state index is 0.282. The van der Waals surface area contributed by atoms with Gasteiger partial charge >= 0.3 is 0 Å². The Hall–Kier alpha value is -2.88. The van der Waals surface area contributed by atoms with Crippen LogP contribution in [0.3, 0.4) is 0 Å². The highest BCUT2D eigenvalue weighted by Crippen LogP contribution is 2.34. The predicted molar refractivity (Wildman–Crippen MR) is 154 cm³/mol. The van der Waals surface area contributed by atoms with Crippen LogP contribution in [0.15, 0.2) is 58.3 Å². The Labute approximate surface area is 238 Å². The van der Waals surface area contributed by atoms with Gasteiger partial charge in [0.15, 0.2) is 5.69 Å². The molecule has 208 valence electrons. The number of aliphatic imine (C=N–C) groups is 1. The van der Waals surface area contributed by atoms with Gasteiger partial charge in [0.05, 0.1) is 40.9 Å². The van der Waals surface area contributed by atoms with Crippen LogP contribution in [-0.2, 0) is 9.47 Å². The molecule has 2 aromatic carbocycles. The van der Waals surface area contributed by atoms with Crippen LogP contribution in [0.5, 0.6) is 0 Å². The second-order valence-electron chi connectivity index (χ2n) is 10.7. The first-order valence-corrected chi connectivity index (χ1v) is 14.0. The number of methoxy groups -OCH3 is 1. The number of carbonyl (C=O) groups excluding carboxylic acids is 1. The van der Waals surface area contributed by atoms with Crippen molar-refractivity contribution in [3.05, 3.63) is 81.6 Å². The summed E-state index contributed by atoms with van der Waals surface area (Å²) >= 11 is 3.54. The Kier molecular flexibility index (Phi) is 8.73. The molecule has 2 atom stereocenters. The van der Waals surface area contributed by atoms with E-state index in [-0.39, 0.29) is 23.0 Å². The molecule has 1 N–H and O–H groups in total. The van der Waals surface area contributed by atoms with Crippen molar-refractivity contribution in [2.24, 2.45) is 4.99 Å². The molecule has 1 aliphatic heterocycles. The highest BCUT2D eigenvalue weighted by Gasteiger charge is 2.31. The fourth-order valence-corrected chi connectivity index (χ4v) is 4.86. The van der Waals surface area contributed by atoms with Crippen LogP contribution in [-0.4, -0.2) is 52.6 Å². The summed E-state index contributed by atoms with van der Waals surface area (Å²) in [5.74, 6) is -0.663. The summed E-state index contributed by atoms with van der Waals surface area (Å²) in [5.41, 5.74) is 2.55. The summed E-state index contributed by atoms with van der Waals surface area (Å²) in [6.07, 6.45) is 3.09. The van der Waals surface area contributed by atoms with Crippen LogP contribution in [0.2, 0.25) is 0 Å². The number of fused-ring (bicyclic) bond motifs is 3. The molecule has 7 nitrogen and oxygen atoms in total. The van der Waals surface area contributed by atoms with Gasteiger partial charge in [-0.15, -0.1) is 0 Å². The van der Waals surface area contributed by atoms with Gasteiger partial charge in [0.2, 0.25) is 0 Å². The second kappa shape index (κ2) is 11.7. The van der Waals surface area contributed by atoms with Crippen LogP contribution < -0.4 is 5.32 Å². The first kappa shape index (κ1) is 29.1. The third-order valence-corrected chi connectivity index (χ3v) is 7.91. The van der Waals surface area contributed by atoms with Gasteiger partial charge in [-0.05, 0) is 70.9 Å². The van der Waals surface area contributed by atoms with Gasteiger partial charge in [-0.25, -0.2) is 9.37 Å². The lowest BCUT2D eigenvalue weighted by molar-refractivity contribution is -0.0660. The van der Waals surface area contributed by atoms with Crippen molar-refractivity contribution in [3.63, 3.8) is 0 Å². The van der Waals surface area contributed by atoms with E-state index < -0.39 is 11.6 Å². The molecule has 3 aromatic rings. The summed E-state index contributed by atoms with van der Waals surface area (Å²) in [6.45, 7) is 10.8. The number of carbonyl (C=O) groups is 1. The molecule has 0 fully saturated rings. The van der Waals surface area contributed by atoms with E-state index in [2.05, 4.69) is 26.2 Å². The first-order chi connectivity index (χ1) is 18.5. The van der Waals surface area contributed by atoms with Gasteiger partial charge in [-0.2, -0.15) is 0 Å². The molecular formula is C30H36BrFN4O3. The fraction of sp³-hybridized carbons (Fsp3) is 0.433. The summed E-state index contributed by atoms with van der Waals surface area (Å²) in [4.78, 5) is 22.9. The third kappa shape index (κ3) is 6.31. The Morgan fingerprint density at radius 3 is 2.62 bits per heavy atom. The molecule has 0 aliphatic carbocycles. The SMILES string of the molecule is CCC(C)(CNC(=O)c1ncn2c1[C@@H](C)N=C(c1ccccc1F)c1cc(Br)ccc1-2)OCCC(C)(C)OC. The average Bonchev–Trinajstić information content (AvgIpc) is 3.31. The molecule has 0 spiro atoms. The van der Waals surface area contributed by atoms with E-state index in [4.69, 9.17) is 14.5 Å². The van der Waals surface area contributed by atoms with Crippen molar-refractivity contribution in [1.29, 1.82) is 0 Å².